The van der Waals surface area contributed by atoms with Gasteiger partial charge in [0, 0.05) is 37.3 Å². The fraction of sp³-hybridized carbons (Fsp3) is 0.333. The second kappa shape index (κ2) is 9.91. The van der Waals surface area contributed by atoms with Crippen molar-refractivity contribution in [3.63, 3.8) is 0 Å². The monoisotopic (exact) mass is 449 g/mol. The summed E-state index contributed by atoms with van der Waals surface area (Å²) in [7, 11) is 0. The first-order valence-electron chi connectivity index (χ1n) is 10.9. The van der Waals surface area contributed by atoms with Gasteiger partial charge in [0.05, 0.1) is 5.92 Å². The lowest BCUT2D eigenvalue weighted by Gasteiger charge is -2.32. The Bertz CT molecular complexity index is 1140. The Kier molecular flexibility index (Phi) is 6.80. The number of carbonyl (C=O) groups excluding carboxylic acids is 2. The fourth-order valence-corrected chi connectivity index (χ4v) is 4.22. The molecule has 0 bridgehead atoms. The van der Waals surface area contributed by atoms with Crippen LogP contribution in [0.25, 0.3) is 11.4 Å². The topological polar surface area (TPSA) is 83.0 Å². The number of H-pyrrole nitrogens is 1. The predicted molar refractivity (Wildman–Crippen MR) is 127 cm³/mol. The van der Waals surface area contributed by atoms with Crippen molar-refractivity contribution in [1.82, 2.24) is 19.7 Å². The molecule has 2 N–H and O–H groups in total. The van der Waals surface area contributed by atoms with Gasteiger partial charge in [-0.1, -0.05) is 48.0 Å². The molecule has 7 nitrogen and oxygen atoms in total. The lowest BCUT2D eigenvalue weighted by Crippen LogP contribution is -2.44. The number of aryl methyl sites for hydroxylation is 1. The van der Waals surface area contributed by atoms with Crippen molar-refractivity contribution in [3.8, 4) is 11.4 Å². The number of aromatic amines is 1. The number of carbonyl (C=O) groups is 2. The van der Waals surface area contributed by atoms with E-state index in [1.807, 2.05) is 66.1 Å². The van der Waals surface area contributed by atoms with E-state index in [9.17, 15) is 9.59 Å². The Balaban J connectivity index is 1.37. The van der Waals surface area contributed by atoms with E-state index in [4.69, 9.17) is 12.2 Å². The highest BCUT2D eigenvalue weighted by Crippen LogP contribution is 2.21. The van der Waals surface area contributed by atoms with Crippen molar-refractivity contribution >= 4 is 29.7 Å². The number of likely N-dealkylation sites (tertiary alicyclic amines) is 1. The maximum absolute atomic E-state index is 12.9. The van der Waals surface area contributed by atoms with Crippen molar-refractivity contribution in [2.75, 3.05) is 18.4 Å². The molecular weight excluding hydrogens is 422 g/mol. The highest BCUT2D eigenvalue weighted by atomic mass is 32.1. The van der Waals surface area contributed by atoms with Gasteiger partial charge in [0.2, 0.25) is 11.8 Å². The Morgan fingerprint density at radius 3 is 2.66 bits per heavy atom. The summed E-state index contributed by atoms with van der Waals surface area (Å²) in [5.74, 6) is 0.515. The molecule has 1 aliphatic rings. The van der Waals surface area contributed by atoms with Crippen molar-refractivity contribution in [3.05, 3.63) is 64.9 Å². The van der Waals surface area contributed by atoms with Crippen LogP contribution in [0, 0.1) is 17.6 Å². The van der Waals surface area contributed by atoms with Crippen LogP contribution >= 0.6 is 12.2 Å². The zero-order valence-corrected chi connectivity index (χ0v) is 18.9. The van der Waals surface area contributed by atoms with Crippen LogP contribution in [0.3, 0.4) is 0 Å². The van der Waals surface area contributed by atoms with Crippen LogP contribution in [0.1, 0.15) is 24.8 Å². The van der Waals surface area contributed by atoms with Crippen LogP contribution in [0.5, 0.6) is 0 Å². The number of nitrogens with one attached hydrogen (secondary N) is 2. The Hall–Kier alpha value is -3.26. The summed E-state index contributed by atoms with van der Waals surface area (Å²) in [4.78, 5) is 27.4. The number of rotatable bonds is 6. The summed E-state index contributed by atoms with van der Waals surface area (Å²) in [5, 5.41) is 10.1. The van der Waals surface area contributed by atoms with E-state index in [1.54, 1.807) is 4.90 Å². The molecular formula is C24H27N5O2S. The summed E-state index contributed by atoms with van der Waals surface area (Å²) >= 11 is 5.39. The van der Waals surface area contributed by atoms with Gasteiger partial charge < -0.3 is 10.2 Å². The van der Waals surface area contributed by atoms with E-state index >= 15 is 0 Å². The molecule has 1 aromatic heterocycles. The number of anilines is 1. The Morgan fingerprint density at radius 1 is 1.16 bits per heavy atom. The van der Waals surface area contributed by atoms with Gasteiger partial charge >= 0.3 is 0 Å². The molecule has 2 heterocycles. The molecule has 166 valence electrons. The number of benzene rings is 2. The first-order chi connectivity index (χ1) is 15.5. The fourth-order valence-electron chi connectivity index (χ4n) is 4.00. The van der Waals surface area contributed by atoms with Crippen LogP contribution in [0.2, 0.25) is 0 Å². The third-order valence-corrected chi connectivity index (χ3v) is 6.12. The van der Waals surface area contributed by atoms with Crippen LogP contribution in [0.4, 0.5) is 5.69 Å². The van der Waals surface area contributed by atoms with Gasteiger partial charge in [0.1, 0.15) is 0 Å². The average molecular weight is 450 g/mol. The van der Waals surface area contributed by atoms with E-state index in [1.165, 1.54) is 5.56 Å². The maximum atomic E-state index is 12.9. The minimum Gasteiger partial charge on any atom is -0.342 e. The molecule has 1 fully saturated rings. The van der Waals surface area contributed by atoms with Crippen LogP contribution < -0.4 is 5.32 Å². The summed E-state index contributed by atoms with van der Waals surface area (Å²) in [6, 6.07) is 17.5. The lowest BCUT2D eigenvalue weighted by molar-refractivity contribution is -0.134. The molecule has 4 rings (SSSR count). The van der Waals surface area contributed by atoms with E-state index in [0.29, 0.717) is 30.8 Å². The van der Waals surface area contributed by atoms with Gasteiger partial charge in [-0.05, 0) is 44.1 Å². The van der Waals surface area contributed by atoms with Crippen LogP contribution in [-0.4, -0.2) is 44.6 Å². The van der Waals surface area contributed by atoms with Crippen molar-refractivity contribution in [2.24, 2.45) is 5.92 Å². The summed E-state index contributed by atoms with van der Waals surface area (Å²) in [6.07, 6.45) is 1.91. The van der Waals surface area contributed by atoms with Gasteiger partial charge in [-0.2, -0.15) is 5.10 Å². The highest BCUT2D eigenvalue weighted by Gasteiger charge is 2.28. The number of nitrogens with zero attached hydrogens (tertiary/aromatic N) is 3. The standard InChI is InChI=1S/C24H27N5O2S/c1-17-9-11-18(12-10-17)22-26-27-24(32)29(22)15-13-21(30)28-14-5-6-19(16-28)23(31)25-20-7-3-2-4-8-20/h2-4,7-12,19H,5-6,13-16H2,1H3,(H,25,31)(H,27,32)/t19-/m1/s1. The number of aromatic nitrogens is 3. The molecule has 8 heteroatoms. The van der Waals surface area contributed by atoms with Crippen LogP contribution in [-0.2, 0) is 16.1 Å². The zero-order chi connectivity index (χ0) is 22.5. The highest BCUT2D eigenvalue weighted by molar-refractivity contribution is 7.71. The summed E-state index contributed by atoms with van der Waals surface area (Å²) < 4.78 is 2.36. The zero-order valence-electron chi connectivity index (χ0n) is 18.1. The first kappa shape index (κ1) is 22.0. The second-order valence-electron chi connectivity index (χ2n) is 8.15. The smallest absolute Gasteiger partial charge is 0.229 e. The van der Waals surface area contributed by atoms with Gasteiger partial charge in [-0.25, -0.2) is 0 Å². The molecule has 1 saturated heterocycles. The number of hydrogen-bond donors (Lipinski definition) is 2. The van der Waals surface area contributed by atoms with Gasteiger partial charge in [-0.15, -0.1) is 0 Å². The van der Waals surface area contributed by atoms with E-state index < -0.39 is 0 Å². The SMILES string of the molecule is Cc1ccc(-c2n[nH]c(=S)n2CCC(=O)N2CCC[C@@H](C(=O)Nc3ccccc3)C2)cc1. The lowest BCUT2D eigenvalue weighted by atomic mass is 9.96. The number of hydrogen-bond acceptors (Lipinski definition) is 4. The normalized spacial score (nSPS) is 16.0. The van der Waals surface area contributed by atoms with Crippen LogP contribution in [0.15, 0.2) is 54.6 Å². The molecule has 0 aliphatic carbocycles. The number of piperidine rings is 1. The molecule has 0 saturated carbocycles. The molecule has 0 spiro atoms. The molecule has 3 aromatic rings. The largest absolute Gasteiger partial charge is 0.342 e. The Labute approximate surface area is 192 Å². The second-order valence-corrected chi connectivity index (χ2v) is 8.54. The minimum atomic E-state index is -0.202. The van der Waals surface area contributed by atoms with E-state index in [-0.39, 0.29) is 17.7 Å². The quantitative estimate of drug-likeness (QED) is 0.553. The van der Waals surface area contributed by atoms with Gasteiger partial charge in [0.15, 0.2) is 10.6 Å². The maximum Gasteiger partial charge on any atom is 0.229 e. The molecule has 32 heavy (non-hydrogen) atoms. The summed E-state index contributed by atoms with van der Waals surface area (Å²) in [5.41, 5.74) is 2.89. The number of para-hydroxylation sites is 1. The van der Waals surface area contributed by atoms with Gasteiger partial charge in [0.25, 0.3) is 0 Å². The van der Waals surface area contributed by atoms with Crippen molar-refractivity contribution in [1.29, 1.82) is 0 Å². The van der Waals surface area contributed by atoms with E-state index in [2.05, 4.69) is 15.5 Å². The van der Waals surface area contributed by atoms with Gasteiger partial charge in [-0.3, -0.25) is 19.3 Å². The third-order valence-electron chi connectivity index (χ3n) is 5.80. The predicted octanol–water partition coefficient (Wildman–Crippen LogP) is 4.18. The molecule has 0 radical (unpaired) electrons. The number of amides is 2. The first-order valence-corrected chi connectivity index (χ1v) is 11.3. The minimum absolute atomic E-state index is 0.0279. The molecule has 0 unspecified atom stereocenters. The molecule has 1 aliphatic heterocycles. The van der Waals surface area contributed by atoms with E-state index in [0.717, 1.165) is 29.9 Å². The van der Waals surface area contributed by atoms with Crippen molar-refractivity contribution in [2.45, 2.75) is 32.7 Å². The Morgan fingerprint density at radius 2 is 1.91 bits per heavy atom. The average Bonchev–Trinajstić information content (AvgIpc) is 3.19. The van der Waals surface area contributed by atoms with Crippen molar-refractivity contribution < 1.29 is 9.59 Å². The summed E-state index contributed by atoms with van der Waals surface area (Å²) in [6.45, 7) is 3.59. The third kappa shape index (κ3) is 5.13. The molecule has 2 amide bonds. The molecule has 1 atom stereocenters. The molecule has 2 aromatic carbocycles.